The zero-order valence-corrected chi connectivity index (χ0v) is 20.0. The van der Waals surface area contributed by atoms with Crippen molar-refractivity contribution in [2.24, 2.45) is 0 Å². The summed E-state index contributed by atoms with van der Waals surface area (Å²) < 4.78 is 0.824. The quantitative estimate of drug-likeness (QED) is 0.538. The monoisotopic (exact) mass is 432 g/mol. The Balaban J connectivity index is 0.00000220. The second-order valence-corrected chi connectivity index (χ2v) is 26.3. The third-order valence-corrected chi connectivity index (χ3v) is 27.9. The van der Waals surface area contributed by atoms with Crippen LogP contribution < -0.4 is 24.8 Å². The summed E-state index contributed by atoms with van der Waals surface area (Å²) in [6.07, 6.45) is 9.89. The Morgan fingerprint density at radius 1 is 0.773 bits per heavy atom. The van der Waals surface area contributed by atoms with Gasteiger partial charge in [-0.1, -0.05) is 0 Å². The van der Waals surface area contributed by atoms with E-state index < -0.39 is 20.4 Å². The van der Waals surface area contributed by atoms with Crippen molar-refractivity contribution >= 4 is 5.43 Å². The Kier molecular flexibility index (Phi) is 7.91. The maximum atomic E-state index is 2.57. The number of halogens is 2. The summed E-state index contributed by atoms with van der Waals surface area (Å²) in [5, 5.41) is 0. The molecule has 0 nitrogen and oxygen atoms in total. The predicted octanol–water partition coefficient (Wildman–Crippen LogP) is 0.0333. The van der Waals surface area contributed by atoms with E-state index in [-0.39, 0.29) is 30.2 Å². The molecule has 0 aliphatic heterocycles. The Bertz CT molecular complexity index is 573. The van der Waals surface area contributed by atoms with E-state index in [4.69, 9.17) is 0 Å². The van der Waals surface area contributed by atoms with E-state index in [2.05, 4.69) is 78.9 Å². The molecule has 4 heteroatoms. The fourth-order valence-corrected chi connectivity index (χ4v) is 31.3. The van der Waals surface area contributed by atoms with Crippen molar-refractivity contribution in [3.63, 3.8) is 0 Å². The fourth-order valence-electron chi connectivity index (χ4n) is 4.02. The molecule has 0 aromatic heterocycles. The third kappa shape index (κ3) is 3.37. The summed E-state index contributed by atoms with van der Waals surface area (Å²) in [6.45, 7) is 19.6. The van der Waals surface area contributed by atoms with Gasteiger partial charge in [-0.2, -0.15) is 0 Å². The smallest absolute Gasteiger partial charge is 1.00 e. The van der Waals surface area contributed by atoms with Gasteiger partial charge in [0, 0.05) is 0 Å². The summed E-state index contributed by atoms with van der Waals surface area (Å²) in [5.41, 5.74) is 6.10. The van der Waals surface area contributed by atoms with Crippen LogP contribution in [0.2, 0.25) is 19.3 Å². The van der Waals surface area contributed by atoms with Gasteiger partial charge in [0.05, 0.1) is 0 Å². The van der Waals surface area contributed by atoms with Gasteiger partial charge >= 0.3 is 133 Å². The molecule has 0 spiro atoms. The predicted molar refractivity (Wildman–Crippen MR) is 89.2 cm³/mol. The van der Waals surface area contributed by atoms with Gasteiger partial charge in [-0.15, -0.1) is 0 Å². The second-order valence-electron chi connectivity index (χ2n) is 7.06. The second kappa shape index (κ2) is 7.68. The maximum absolute atomic E-state index is 2.57. The minimum atomic E-state index is -1.74. The van der Waals surface area contributed by atoms with Crippen LogP contribution in [0.15, 0.2) is 46.6 Å². The summed E-state index contributed by atoms with van der Waals surface area (Å²) in [5.74, 6) is 0. The average molecular weight is 435 g/mol. The van der Waals surface area contributed by atoms with Crippen molar-refractivity contribution in [1.82, 2.24) is 0 Å². The van der Waals surface area contributed by atoms with Gasteiger partial charge < -0.3 is 24.8 Å². The molecule has 2 aliphatic rings. The Labute approximate surface area is 157 Å². The van der Waals surface area contributed by atoms with Crippen LogP contribution in [0.4, 0.5) is 0 Å². The van der Waals surface area contributed by atoms with E-state index in [0.29, 0.717) is 6.25 Å². The summed E-state index contributed by atoms with van der Waals surface area (Å²) >= 11 is -1.74. The van der Waals surface area contributed by atoms with E-state index in [9.17, 15) is 0 Å². The van der Waals surface area contributed by atoms with Gasteiger partial charge in [0.1, 0.15) is 0 Å². The number of hydrogen-bond donors (Lipinski definition) is 0. The molecular weight excluding hydrogens is 406 g/mol. The molecule has 2 aliphatic carbocycles. The standard InChI is InChI=1S/2C8H11.C2H6Si.2ClH.Zr/c2*1-6-4-5-7(2)8(6)3;1-3-2;;;/h2*4-5H,1-3H3;1-2H3;2*1H;/q;;;;;+2/p-2. The van der Waals surface area contributed by atoms with Gasteiger partial charge in [0.15, 0.2) is 0 Å². The molecule has 2 unspecified atom stereocenters. The van der Waals surface area contributed by atoms with Crippen molar-refractivity contribution in [2.75, 3.05) is 0 Å². The molecule has 0 fully saturated rings. The topological polar surface area (TPSA) is 0 Å². The Hall–Kier alpha value is 0.640. The van der Waals surface area contributed by atoms with Gasteiger partial charge in [-0.25, -0.2) is 0 Å². The van der Waals surface area contributed by atoms with Crippen molar-refractivity contribution in [3.05, 3.63) is 46.6 Å². The molecule has 0 aromatic rings. The van der Waals surface area contributed by atoms with Crippen LogP contribution >= 0.6 is 0 Å². The van der Waals surface area contributed by atoms with Crippen LogP contribution in [0.5, 0.6) is 0 Å². The molecule has 122 valence electrons. The Morgan fingerprint density at radius 3 is 1.27 bits per heavy atom. The average Bonchev–Trinajstić information content (AvgIpc) is 2.76. The van der Waals surface area contributed by atoms with Crippen LogP contribution in [-0.4, -0.2) is 5.43 Å². The summed E-state index contributed by atoms with van der Waals surface area (Å²) in [4.78, 5) is 0. The first-order valence-electron chi connectivity index (χ1n) is 7.57. The first-order chi connectivity index (χ1) is 9.14. The number of rotatable bonds is 2. The van der Waals surface area contributed by atoms with E-state index in [1.165, 1.54) is 11.1 Å². The van der Waals surface area contributed by atoms with Crippen molar-refractivity contribution in [3.8, 4) is 0 Å². The molecule has 0 saturated heterocycles. The van der Waals surface area contributed by atoms with Gasteiger partial charge in [-0.3, -0.25) is 0 Å². The molecule has 2 rings (SSSR count). The third-order valence-electron chi connectivity index (χ3n) is 5.61. The molecule has 0 heterocycles. The molecule has 0 N–H and O–H groups in total. The normalized spacial score (nSPS) is 29.2. The minimum Gasteiger partial charge on any atom is -1.00 e. The molecule has 0 saturated carbocycles. The van der Waals surface area contributed by atoms with Crippen LogP contribution in [0.3, 0.4) is 0 Å². The maximum Gasteiger partial charge on any atom is -1.00 e. The molecular formula is C18H28Cl2SiZr. The largest absolute Gasteiger partial charge is 1.00 e. The number of allylic oxidation sites excluding steroid dienone is 8. The first kappa shape index (κ1) is 22.6. The van der Waals surface area contributed by atoms with E-state index in [1.54, 1.807) is 11.1 Å². The molecule has 0 bridgehead atoms. The van der Waals surface area contributed by atoms with Gasteiger partial charge in [0.25, 0.3) is 0 Å². The SMILES string of the molecule is CC1=C(C)[C](C)([Zr+2](=[Si](C)C)[C]2(C)C=CC(C)=C2C)C=C1.[Cl-].[Cl-]. The molecule has 0 amide bonds. The van der Waals surface area contributed by atoms with Crippen LogP contribution in [0.25, 0.3) is 0 Å². The molecule has 0 radical (unpaired) electrons. The summed E-state index contributed by atoms with van der Waals surface area (Å²) in [7, 11) is 0. The van der Waals surface area contributed by atoms with Crippen molar-refractivity contribution in [2.45, 2.75) is 60.9 Å². The zero-order valence-electron chi connectivity index (χ0n) is 15.1. The van der Waals surface area contributed by atoms with Gasteiger partial charge in [0.2, 0.25) is 0 Å². The Morgan fingerprint density at radius 2 is 1.09 bits per heavy atom. The van der Waals surface area contributed by atoms with Crippen LogP contribution in [0.1, 0.15) is 41.5 Å². The van der Waals surface area contributed by atoms with Crippen molar-refractivity contribution in [1.29, 1.82) is 0 Å². The number of hydrogen-bond acceptors (Lipinski definition) is 0. The molecule has 0 aromatic carbocycles. The summed E-state index contributed by atoms with van der Waals surface area (Å²) in [6, 6.07) is 0. The minimum absolute atomic E-state index is 0. The zero-order chi connectivity index (χ0) is 15.3. The molecule has 2 atom stereocenters. The molecule has 22 heavy (non-hydrogen) atoms. The fraction of sp³-hybridized carbons (Fsp3) is 0.556. The first-order valence-corrected chi connectivity index (χ1v) is 16.2. The van der Waals surface area contributed by atoms with Crippen LogP contribution in [-0.2, 0) is 20.4 Å². The van der Waals surface area contributed by atoms with Crippen molar-refractivity contribution < 1.29 is 45.2 Å². The van der Waals surface area contributed by atoms with Gasteiger partial charge in [-0.05, 0) is 0 Å². The van der Waals surface area contributed by atoms with E-state index in [1.807, 2.05) is 0 Å². The van der Waals surface area contributed by atoms with E-state index in [0.717, 1.165) is 0 Å². The van der Waals surface area contributed by atoms with E-state index >= 15 is 0 Å². The van der Waals surface area contributed by atoms with Crippen LogP contribution in [0, 0.1) is 0 Å².